The maximum absolute atomic E-state index is 12.5. The lowest BCUT2D eigenvalue weighted by Gasteiger charge is -2.21. The maximum atomic E-state index is 12.5. The van der Waals surface area contributed by atoms with Crippen molar-refractivity contribution < 1.29 is 4.79 Å². The van der Waals surface area contributed by atoms with Crippen LogP contribution in [0.3, 0.4) is 0 Å². The highest BCUT2D eigenvalue weighted by atomic mass is 35.5. The number of halogens is 1. The molecule has 0 N–H and O–H groups in total. The van der Waals surface area contributed by atoms with Gasteiger partial charge in [-0.15, -0.1) is 0 Å². The van der Waals surface area contributed by atoms with Crippen molar-refractivity contribution in [2.75, 3.05) is 6.54 Å². The standard InChI is InChI=1S/C15H13ClN4O/c16-13-4-7-19-14(9-13)15(21)20(8-2-5-17)11-12-3-1-6-18-10-12/h1,3-4,6-7,9-10H,2,8,11H2. The van der Waals surface area contributed by atoms with E-state index in [2.05, 4.69) is 9.97 Å². The number of nitriles is 1. The van der Waals surface area contributed by atoms with Crippen molar-refractivity contribution in [3.05, 3.63) is 59.1 Å². The second-order valence-corrected chi connectivity index (χ2v) is 4.79. The Morgan fingerprint density at radius 1 is 1.38 bits per heavy atom. The van der Waals surface area contributed by atoms with Crippen molar-refractivity contribution in [3.8, 4) is 6.07 Å². The zero-order valence-corrected chi connectivity index (χ0v) is 12.0. The van der Waals surface area contributed by atoms with Gasteiger partial charge in [-0.3, -0.25) is 14.8 Å². The first-order valence-electron chi connectivity index (χ1n) is 6.37. The zero-order valence-electron chi connectivity index (χ0n) is 11.2. The number of carbonyl (C=O) groups excluding carboxylic acids is 1. The molecule has 21 heavy (non-hydrogen) atoms. The number of amides is 1. The number of hydrogen-bond donors (Lipinski definition) is 0. The van der Waals surface area contributed by atoms with Gasteiger partial charge in [0.2, 0.25) is 0 Å². The Balaban J connectivity index is 2.19. The summed E-state index contributed by atoms with van der Waals surface area (Å²) >= 11 is 5.89. The molecule has 0 atom stereocenters. The summed E-state index contributed by atoms with van der Waals surface area (Å²) in [5.74, 6) is -0.253. The Kier molecular flexibility index (Phi) is 5.24. The second kappa shape index (κ2) is 7.36. The molecule has 0 radical (unpaired) electrons. The molecule has 0 aliphatic rings. The molecular weight excluding hydrogens is 288 g/mol. The van der Waals surface area contributed by atoms with Crippen molar-refractivity contribution in [3.63, 3.8) is 0 Å². The fourth-order valence-corrected chi connectivity index (χ4v) is 1.99. The predicted molar refractivity (Wildman–Crippen MR) is 78.5 cm³/mol. The van der Waals surface area contributed by atoms with Gasteiger partial charge in [0.1, 0.15) is 5.69 Å². The van der Waals surface area contributed by atoms with Crippen LogP contribution in [0.1, 0.15) is 22.5 Å². The van der Waals surface area contributed by atoms with E-state index in [0.717, 1.165) is 5.56 Å². The van der Waals surface area contributed by atoms with Crippen LogP contribution < -0.4 is 0 Å². The van der Waals surface area contributed by atoms with Gasteiger partial charge in [-0.05, 0) is 23.8 Å². The van der Waals surface area contributed by atoms with E-state index in [1.165, 1.54) is 12.3 Å². The van der Waals surface area contributed by atoms with E-state index in [0.29, 0.717) is 18.1 Å². The number of carbonyl (C=O) groups is 1. The molecule has 0 fully saturated rings. The first-order chi connectivity index (χ1) is 10.2. The van der Waals surface area contributed by atoms with Gasteiger partial charge in [-0.25, -0.2) is 0 Å². The zero-order chi connectivity index (χ0) is 15.1. The lowest BCUT2D eigenvalue weighted by molar-refractivity contribution is 0.0741. The van der Waals surface area contributed by atoms with Crippen molar-refractivity contribution in [1.82, 2.24) is 14.9 Å². The van der Waals surface area contributed by atoms with Crippen LogP contribution in [0.25, 0.3) is 0 Å². The summed E-state index contributed by atoms with van der Waals surface area (Å²) in [4.78, 5) is 22.1. The Morgan fingerprint density at radius 2 is 2.24 bits per heavy atom. The van der Waals surface area contributed by atoms with Gasteiger partial charge in [-0.1, -0.05) is 17.7 Å². The summed E-state index contributed by atoms with van der Waals surface area (Å²) in [6, 6.07) is 8.86. The molecule has 6 heteroatoms. The molecule has 2 aromatic rings. The van der Waals surface area contributed by atoms with E-state index < -0.39 is 0 Å². The third-order valence-electron chi connectivity index (χ3n) is 2.82. The molecule has 0 aliphatic carbocycles. The molecule has 0 aromatic carbocycles. The van der Waals surface area contributed by atoms with E-state index in [1.54, 1.807) is 29.4 Å². The molecule has 0 saturated carbocycles. The molecular formula is C15H13ClN4O. The quantitative estimate of drug-likeness (QED) is 0.851. The second-order valence-electron chi connectivity index (χ2n) is 4.36. The summed E-state index contributed by atoms with van der Waals surface area (Å²) in [5.41, 5.74) is 1.16. The fraction of sp³-hybridized carbons (Fsp3) is 0.200. The van der Waals surface area contributed by atoms with Crippen molar-refractivity contribution in [2.45, 2.75) is 13.0 Å². The highest BCUT2D eigenvalue weighted by Gasteiger charge is 2.17. The van der Waals surface area contributed by atoms with E-state index in [9.17, 15) is 4.79 Å². The van der Waals surface area contributed by atoms with Crippen LogP contribution >= 0.6 is 11.6 Å². The summed E-state index contributed by atoms with van der Waals surface area (Å²) in [7, 11) is 0. The molecule has 2 aromatic heterocycles. The van der Waals surface area contributed by atoms with Crippen LogP contribution in [-0.2, 0) is 6.54 Å². The molecule has 106 valence electrons. The Labute approximate surface area is 127 Å². The Bertz CT molecular complexity index is 654. The van der Waals surface area contributed by atoms with Crippen molar-refractivity contribution >= 4 is 17.5 Å². The summed E-state index contributed by atoms with van der Waals surface area (Å²) in [6.45, 7) is 0.709. The normalized spacial score (nSPS) is 9.90. The van der Waals surface area contributed by atoms with E-state index in [-0.39, 0.29) is 18.0 Å². The van der Waals surface area contributed by atoms with E-state index >= 15 is 0 Å². The van der Waals surface area contributed by atoms with Crippen LogP contribution in [0, 0.1) is 11.3 Å². The van der Waals surface area contributed by atoms with Crippen molar-refractivity contribution in [2.24, 2.45) is 0 Å². The first-order valence-corrected chi connectivity index (χ1v) is 6.75. The highest BCUT2D eigenvalue weighted by molar-refractivity contribution is 6.30. The van der Waals surface area contributed by atoms with Gasteiger partial charge in [0.25, 0.3) is 5.91 Å². The number of hydrogen-bond acceptors (Lipinski definition) is 4. The number of pyridine rings is 2. The molecule has 5 nitrogen and oxygen atoms in total. The smallest absolute Gasteiger partial charge is 0.272 e. The molecule has 0 aliphatic heterocycles. The third kappa shape index (κ3) is 4.26. The molecule has 0 bridgehead atoms. The van der Waals surface area contributed by atoms with Crippen LogP contribution in [-0.4, -0.2) is 27.3 Å². The van der Waals surface area contributed by atoms with Gasteiger partial charge in [-0.2, -0.15) is 5.26 Å². The fourth-order valence-electron chi connectivity index (χ4n) is 1.83. The minimum absolute atomic E-state index is 0.253. The lowest BCUT2D eigenvalue weighted by Crippen LogP contribution is -2.32. The van der Waals surface area contributed by atoms with E-state index in [1.807, 2.05) is 12.1 Å². The molecule has 2 heterocycles. The lowest BCUT2D eigenvalue weighted by atomic mass is 10.2. The Morgan fingerprint density at radius 3 is 2.90 bits per heavy atom. The first kappa shape index (κ1) is 14.9. The van der Waals surface area contributed by atoms with Gasteiger partial charge in [0.15, 0.2) is 0 Å². The van der Waals surface area contributed by atoms with Crippen LogP contribution in [0.4, 0.5) is 0 Å². The predicted octanol–water partition coefficient (Wildman–Crippen LogP) is 2.69. The molecule has 0 saturated heterocycles. The van der Waals surface area contributed by atoms with Crippen molar-refractivity contribution in [1.29, 1.82) is 5.26 Å². The third-order valence-corrected chi connectivity index (χ3v) is 3.05. The van der Waals surface area contributed by atoms with Gasteiger partial charge >= 0.3 is 0 Å². The molecule has 0 spiro atoms. The topological polar surface area (TPSA) is 69.9 Å². The monoisotopic (exact) mass is 300 g/mol. The van der Waals surface area contributed by atoms with Gasteiger partial charge < -0.3 is 4.90 Å². The number of rotatable bonds is 5. The minimum atomic E-state index is -0.253. The average molecular weight is 301 g/mol. The SMILES string of the molecule is N#CCCN(Cc1cccnc1)C(=O)c1cc(Cl)ccn1. The van der Waals surface area contributed by atoms with E-state index in [4.69, 9.17) is 16.9 Å². The summed E-state index contributed by atoms with van der Waals surface area (Å²) in [6.07, 6.45) is 5.11. The number of nitrogens with zero attached hydrogens (tertiary/aromatic N) is 4. The van der Waals surface area contributed by atoms with Gasteiger partial charge in [0.05, 0.1) is 12.5 Å². The molecule has 2 rings (SSSR count). The average Bonchev–Trinajstić information content (AvgIpc) is 2.51. The van der Waals surface area contributed by atoms with Gasteiger partial charge in [0, 0.05) is 36.7 Å². The highest BCUT2D eigenvalue weighted by Crippen LogP contribution is 2.12. The minimum Gasteiger partial charge on any atom is -0.332 e. The Hall–Kier alpha value is -2.45. The van der Waals surface area contributed by atoms with Crippen LogP contribution in [0.5, 0.6) is 0 Å². The molecule has 1 amide bonds. The largest absolute Gasteiger partial charge is 0.332 e. The maximum Gasteiger partial charge on any atom is 0.272 e. The molecule has 0 unspecified atom stereocenters. The summed E-state index contributed by atoms with van der Waals surface area (Å²) in [5, 5.41) is 9.19. The summed E-state index contributed by atoms with van der Waals surface area (Å²) < 4.78 is 0. The number of aromatic nitrogens is 2. The van der Waals surface area contributed by atoms with Crippen LogP contribution in [0.15, 0.2) is 42.9 Å². The van der Waals surface area contributed by atoms with Crippen LogP contribution in [0.2, 0.25) is 5.02 Å².